The molecule has 0 heterocycles. The van der Waals surface area contributed by atoms with Gasteiger partial charge in [0.25, 0.3) is 5.91 Å². The zero-order valence-electron chi connectivity index (χ0n) is 13.1. The molecule has 23 heavy (non-hydrogen) atoms. The predicted molar refractivity (Wildman–Crippen MR) is 88.6 cm³/mol. The predicted octanol–water partition coefficient (Wildman–Crippen LogP) is 2.07. The Labute approximate surface area is 136 Å². The van der Waals surface area contributed by atoms with Gasteiger partial charge in [-0.15, -0.1) is 0 Å². The molecular formula is C17H19NO4S. The normalized spacial score (nSPS) is 11.0. The number of nitrogens with one attached hydrogen (secondary N) is 1. The van der Waals surface area contributed by atoms with Crippen molar-refractivity contribution < 1.29 is 17.9 Å². The molecule has 0 spiro atoms. The standard InChI is InChI=1S/C17H19NO4S/c1-22-15-7-5-14(6-8-15)17(19)18-12-11-13-3-9-16(10-4-13)23(2,20)21/h3-10H,11-12H2,1-2H3,(H,18,19). The summed E-state index contributed by atoms with van der Waals surface area (Å²) in [6.07, 6.45) is 1.81. The molecule has 0 aromatic heterocycles. The van der Waals surface area contributed by atoms with Crippen LogP contribution in [0.2, 0.25) is 0 Å². The van der Waals surface area contributed by atoms with Crippen LogP contribution in [0.5, 0.6) is 5.75 Å². The highest BCUT2D eigenvalue weighted by atomic mass is 32.2. The second kappa shape index (κ2) is 7.28. The minimum Gasteiger partial charge on any atom is -0.497 e. The summed E-state index contributed by atoms with van der Waals surface area (Å²) in [6, 6.07) is 13.6. The molecule has 0 aliphatic heterocycles. The lowest BCUT2D eigenvalue weighted by atomic mass is 10.1. The molecule has 0 aliphatic rings. The van der Waals surface area contributed by atoms with Crippen molar-refractivity contribution in [2.45, 2.75) is 11.3 Å². The van der Waals surface area contributed by atoms with Crippen LogP contribution in [0.25, 0.3) is 0 Å². The van der Waals surface area contributed by atoms with E-state index >= 15 is 0 Å². The van der Waals surface area contributed by atoms with E-state index in [1.165, 1.54) is 6.26 Å². The van der Waals surface area contributed by atoms with Gasteiger partial charge in [0.1, 0.15) is 5.75 Å². The van der Waals surface area contributed by atoms with Crippen molar-refractivity contribution >= 4 is 15.7 Å². The Kier molecular flexibility index (Phi) is 5.39. The maximum atomic E-state index is 12.0. The fraction of sp³-hybridized carbons (Fsp3) is 0.235. The molecule has 0 bridgehead atoms. The first-order valence-electron chi connectivity index (χ1n) is 7.11. The Bertz CT molecular complexity index is 765. The lowest BCUT2D eigenvalue weighted by Crippen LogP contribution is -2.25. The van der Waals surface area contributed by atoms with E-state index in [9.17, 15) is 13.2 Å². The highest BCUT2D eigenvalue weighted by Crippen LogP contribution is 2.12. The van der Waals surface area contributed by atoms with E-state index in [0.717, 1.165) is 5.56 Å². The number of sulfone groups is 1. The molecule has 0 atom stereocenters. The van der Waals surface area contributed by atoms with Gasteiger partial charge >= 0.3 is 0 Å². The van der Waals surface area contributed by atoms with E-state index in [-0.39, 0.29) is 5.91 Å². The molecule has 0 aliphatic carbocycles. The van der Waals surface area contributed by atoms with Crippen LogP contribution >= 0.6 is 0 Å². The summed E-state index contributed by atoms with van der Waals surface area (Å²) >= 11 is 0. The molecular weight excluding hydrogens is 314 g/mol. The molecule has 6 heteroatoms. The maximum absolute atomic E-state index is 12.0. The number of hydrogen-bond donors (Lipinski definition) is 1. The van der Waals surface area contributed by atoms with Gasteiger partial charge in [0.15, 0.2) is 9.84 Å². The van der Waals surface area contributed by atoms with Gasteiger partial charge < -0.3 is 10.1 Å². The largest absolute Gasteiger partial charge is 0.497 e. The van der Waals surface area contributed by atoms with E-state index in [1.54, 1.807) is 55.6 Å². The summed E-state index contributed by atoms with van der Waals surface area (Å²) in [4.78, 5) is 12.3. The summed E-state index contributed by atoms with van der Waals surface area (Å²) in [5.41, 5.74) is 1.53. The summed E-state index contributed by atoms with van der Waals surface area (Å²) in [6.45, 7) is 0.475. The third-order valence-electron chi connectivity index (χ3n) is 3.40. The summed E-state index contributed by atoms with van der Waals surface area (Å²) in [5.74, 6) is 0.549. The SMILES string of the molecule is COc1ccc(C(=O)NCCc2ccc(S(C)(=O)=O)cc2)cc1. The van der Waals surface area contributed by atoms with Crippen LogP contribution in [0.15, 0.2) is 53.4 Å². The van der Waals surface area contributed by atoms with Crippen LogP contribution < -0.4 is 10.1 Å². The second-order valence-electron chi connectivity index (χ2n) is 5.15. The topological polar surface area (TPSA) is 72.5 Å². The number of rotatable bonds is 6. The number of methoxy groups -OCH3 is 1. The number of amides is 1. The molecule has 0 unspecified atom stereocenters. The molecule has 0 saturated heterocycles. The Morgan fingerprint density at radius 3 is 2.17 bits per heavy atom. The number of ether oxygens (including phenoxy) is 1. The lowest BCUT2D eigenvalue weighted by Gasteiger charge is -2.07. The van der Waals surface area contributed by atoms with Gasteiger partial charge in [0.2, 0.25) is 0 Å². The average Bonchev–Trinajstić information content (AvgIpc) is 2.54. The highest BCUT2D eigenvalue weighted by molar-refractivity contribution is 7.90. The number of carbonyl (C=O) groups excluding carboxylic acids is 1. The van der Waals surface area contributed by atoms with Crippen LogP contribution in [0.4, 0.5) is 0 Å². The zero-order valence-corrected chi connectivity index (χ0v) is 13.9. The number of hydrogen-bond acceptors (Lipinski definition) is 4. The maximum Gasteiger partial charge on any atom is 0.251 e. The van der Waals surface area contributed by atoms with Gasteiger partial charge in [-0.05, 0) is 48.4 Å². The van der Waals surface area contributed by atoms with Crippen LogP contribution in [-0.2, 0) is 16.3 Å². The van der Waals surface area contributed by atoms with Gasteiger partial charge in [-0.1, -0.05) is 12.1 Å². The van der Waals surface area contributed by atoms with Crippen LogP contribution in [0, 0.1) is 0 Å². The van der Waals surface area contributed by atoms with Crippen molar-refractivity contribution in [3.05, 3.63) is 59.7 Å². The average molecular weight is 333 g/mol. The van der Waals surface area contributed by atoms with Gasteiger partial charge in [-0.3, -0.25) is 4.79 Å². The van der Waals surface area contributed by atoms with Crippen molar-refractivity contribution in [3.8, 4) is 5.75 Å². The molecule has 1 N–H and O–H groups in total. The summed E-state index contributed by atoms with van der Waals surface area (Å²) < 4.78 is 27.8. The van der Waals surface area contributed by atoms with Crippen LogP contribution in [0.3, 0.4) is 0 Å². The van der Waals surface area contributed by atoms with Crippen molar-refractivity contribution in [2.24, 2.45) is 0 Å². The Morgan fingerprint density at radius 2 is 1.65 bits per heavy atom. The minimum absolute atomic E-state index is 0.152. The lowest BCUT2D eigenvalue weighted by molar-refractivity contribution is 0.0954. The highest BCUT2D eigenvalue weighted by Gasteiger charge is 2.07. The molecule has 2 aromatic carbocycles. The first-order chi connectivity index (χ1) is 10.9. The van der Waals surface area contributed by atoms with Gasteiger partial charge in [0.05, 0.1) is 12.0 Å². The first-order valence-corrected chi connectivity index (χ1v) is 9.00. The fourth-order valence-corrected chi connectivity index (χ4v) is 2.70. The van der Waals surface area contributed by atoms with Crippen molar-refractivity contribution in [1.82, 2.24) is 5.32 Å². The summed E-state index contributed by atoms with van der Waals surface area (Å²) in [7, 11) is -1.60. The number of benzene rings is 2. The summed E-state index contributed by atoms with van der Waals surface area (Å²) in [5, 5.41) is 2.83. The molecule has 2 aromatic rings. The number of carbonyl (C=O) groups is 1. The first kappa shape index (κ1) is 17.0. The van der Waals surface area contributed by atoms with E-state index < -0.39 is 9.84 Å². The van der Waals surface area contributed by atoms with Gasteiger partial charge in [0, 0.05) is 18.4 Å². The molecule has 0 fully saturated rings. The van der Waals surface area contributed by atoms with E-state index in [2.05, 4.69) is 5.32 Å². The molecule has 2 rings (SSSR count). The molecule has 122 valence electrons. The van der Waals surface area contributed by atoms with Crippen molar-refractivity contribution in [1.29, 1.82) is 0 Å². The van der Waals surface area contributed by atoms with E-state index in [1.807, 2.05) is 0 Å². The third-order valence-corrected chi connectivity index (χ3v) is 4.53. The molecule has 0 radical (unpaired) electrons. The zero-order chi connectivity index (χ0) is 16.9. The third kappa shape index (κ3) is 4.82. The van der Waals surface area contributed by atoms with Crippen molar-refractivity contribution in [3.63, 3.8) is 0 Å². The van der Waals surface area contributed by atoms with Crippen molar-refractivity contribution in [2.75, 3.05) is 19.9 Å². The van der Waals surface area contributed by atoms with Crippen LogP contribution in [0.1, 0.15) is 15.9 Å². The fourth-order valence-electron chi connectivity index (χ4n) is 2.07. The second-order valence-corrected chi connectivity index (χ2v) is 7.17. The Morgan fingerprint density at radius 1 is 1.04 bits per heavy atom. The molecule has 5 nitrogen and oxygen atoms in total. The van der Waals surface area contributed by atoms with Gasteiger partial charge in [-0.25, -0.2) is 8.42 Å². The van der Waals surface area contributed by atoms with E-state index in [0.29, 0.717) is 29.2 Å². The van der Waals surface area contributed by atoms with Crippen LogP contribution in [-0.4, -0.2) is 34.2 Å². The Hall–Kier alpha value is -2.34. The Balaban J connectivity index is 1.87. The quantitative estimate of drug-likeness (QED) is 0.878. The minimum atomic E-state index is -3.18. The monoisotopic (exact) mass is 333 g/mol. The molecule has 1 amide bonds. The van der Waals surface area contributed by atoms with Gasteiger partial charge in [-0.2, -0.15) is 0 Å². The smallest absolute Gasteiger partial charge is 0.251 e. The van der Waals surface area contributed by atoms with E-state index in [4.69, 9.17) is 4.74 Å². The molecule has 0 saturated carbocycles.